The van der Waals surface area contributed by atoms with Crippen molar-refractivity contribution in [2.75, 3.05) is 19.8 Å². The van der Waals surface area contributed by atoms with Gasteiger partial charge < -0.3 is 10.1 Å². The van der Waals surface area contributed by atoms with E-state index in [2.05, 4.69) is 12.2 Å². The Morgan fingerprint density at radius 3 is 2.88 bits per heavy atom. The number of rotatable bonds is 4. The minimum atomic E-state index is -0.311. The molecule has 17 heavy (non-hydrogen) atoms. The summed E-state index contributed by atoms with van der Waals surface area (Å²) < 4.78 is 18.0. The Labute approximate surface area is 100.0 Å². The molecular weight excluding hydrogens is 221 g/mol. The molecule has 0 spiro atoms. The van der Waals surface area contributed by atoms with Gasteiger partial charge in [-0.15, -0.1) is 0 Å². The average Bonchev–Trinajstić information content (AvgIpc) is 2.24. The van der Waals surface area contributed by atoms with Crippen LogP contribution in [0.1, 0.15) is 12.5 Å². The van der Waals surface area contributed by atoms with E-state index in [0.29, 0.717) is 25.3 Å². The monoisotopic (exact) mass is 237 g/mol. The van der Waals surface area contributed by atoms with E-state index in [1.54, 1.807) is 12.1 Å². The maximum absolute atomic E-state index is 12.9. The number of carbonyl (C=O) groups is 1. The van der Waals surface area contributed by atoms with Crippen LogP contribution in [0.4, 0.5) is 4.39 Å². The van der Waals surface area contributed by atoms with Crippen LogP contribution in [0.2, 0.25) is 0 Å². The third-order valence-electron chi connectivity index (χ3n) is 2.87. The smallest absolute Gasteiger partial charge is 0.224 e. The molecule has 1 amide bonds. The molecule has 2 rings (SSSR count). The van der Waals surface area contributed by atoms with Crippen LogP contribution in [0.25, 0.3) is 0 Å². The summed E-state index contributed by atoms with van der Waals surface area (Å²) in [6.45, 7) is 4.06. The van der Waals surface area contributed by atoms with Crippen LogP contribution in [0.3, 0.4) is 0 Å². The summed E-state index contributed by atoms with van der Waals surface area (Å²) in [4.78, 5) is 11.6. The third kappa shape index (κ3) is 3.27. The standard InChI is InChI=1S/C13H16FNO2/c1-13(8-17-9-13)7-15-12(16)6-10-3-2-4-11(14)5-10/h2-5H,6-9H2,1H3,(H,15,16). The van der Waals surface area contributed by atoms with Gasteiger partial charge in [0.1, 0.15) is 5.82 Å². The van der Waals surface area contributed by atoms with Gasteiger partial charge in [0.2, 0.25) is 5.91 Å². The van der Waals surface area contributed by atoms with E-state index < -0.39 is 0 Å². The zero-order chi connectivity index (χ0) is 12.3. The lowest BCUT2D eigenvalue weighted by Gasteiger charge is -2.38. The number of amides is 1. The summed E-state index contributed by atoms with van der Waals surface area (Å²) in [5, 5.41) is 2.85. The summed E-state index contributed by atoms with van der Waals surface area (Å²) in [6.07, 6.45) is 0.217. The van der Waals surface area contributed by atoms with Crippen molar-refractivity contribution < 1.29 is 13.9 Å². The first kappa shape index (κ1) is 12.0. The lowest BCUT2D eigenvalue weighted by atomic mass is 9.89. The van der Waals surface area contributed by atoms with E-state index in [4.69, 9.17) is 4.74 Å². The van der Waals surface area contributed by atoms with Crippen LogP contribution in [0, 0.1) is 11.2 Å². The molecule has 0 unspecified atom stereocenters. The highest BCUT2D eigenvalue weighted by molar-refractivity contribution is 5.78. The van der Waals surface area contributed by atoms with Gasteiger partial charge in [-0.1, -0.05) is 19.1 Å². The lowest BCUT2D eigenvalue weighted by Crippen LogP contribution is -2.48. The van der Waals surface area contributed by atoms with Crippen LogP contribution < -0.4 is 5.32 Å². The van der Waals surface area contributed by atoms with Crippen LogP contribution in [0.5, 0.6) is 0 Å². The highest BCUT2D eigenvalue weighted by atomic mass is 19.1. The normalized spacial score (nSPS) is 17.3. The van der Waals surface area contributed by atoms with E-state index >= 15 is 0 Å². The maximum Gasteiger partial charge on any atom is 0.224 e. The number of halogens is 1. The predicted octanol–water partition coefficient (Wildman–Crippen LogP) is 1.52. The molecular formula is C13H16FNO2. The Hall–Kier alpha value is -1.42. The third-order valence-corrected chi connectivity index (χ3v) is 2.87. The minimum absolute atomic E-state index is 0.0671. The molecule has 0 atom stereocenters. The fourth-order valence-corrected chi connectivity index (χ4v) is 1.76. The van der Waals surface area contributed by atoms with Gasteiger partial charge in [-0.3, -0.25) is 4.79 Å². The Bertz CT molecular complexity index is 416. The van der Waals surface area contributed by atoms with E-state index in [1.165, 1.54) is 12.1 Å². The van der Waals surface area contributed by atoms with Crippen LogP contribution >= 0.6 is 0 Å². The highest BCUT2D eigenvalue weighted by Gasteiger charge is 2.33. The van der Waals surface area contributed by atoms with Crippen molar-refractivity contribution >= 4 is 5.91 Å². The van der Waals surface area contributed by atoms with Crippen molar-refractivity contribution in [2.24, 2.45) is 5.41 Å². The maximum atomic E-state index is 12.9. The molecule has 92 valence electrons. The number of nitrogens with one attached hydrogen (secondary N) is 1. The second-order valence-corrected chi connectivity index (χ2v) is 4.89. The Balaban J connectivity index is 1.81. The second kappa shape index (κ2) is 4.84. The number of benzene rings is 1. The SMILES string of the molecule is CC1(CNC(=O)Cc2cccc(F)c2)COC1. The van der Waals surface area contributed by atoms with Gasteiger partial charge in [0.05, 0.1) is 19.6 Å². The predicted molar refractivity (Wildman–Crippen MR) is 62.0 cm³/mol. The Morgan fingerprint density at radius 1 is 1.53 bits per heavy atom. The van der Waals surface area contributed by atoms with E-state index in [0.717, 1.165) is 0 Å². The van der Waals surface area contributed by atoms with Crippen molar-refractivity contribution in [3.63, 3.8) is 0 Å². The molecule has 4 heteroatoms. The van der Waals surface area contributed by atoms with Crippen LogP contribution in [-0.2, 0) is 16.0 Å². The Morgan fingerprint density at radius 2 is 2.29 bits per heavy atom. The van der Waals surface area contributed by atoms with Crippen molar-refractivity contribution in [1.29, 1.82) is 0 Å². The number of ether oxygens (including phenoxy) is 1. The molecule has 1 aromatic rings. The molecule has 0 saturated carbocycles. The molecule has 1 saturated heterocycles. The van der Waals surface area contributed by atoms with E-state index in [-0.39, 0.29) is 23.6 Å². The summed E-state index contributed by atoms with van der Waals surface area (Å²) in [5.74, 6) is -0.390. The molecule has 0 aliphatic carbocycles. The molecule has 1 aromatic carbocycles. The first-order chi connectivity index (χ1) is 8.07. The van der Waals surface area contributed by atoms with Crippen LogP contribution in [-0.4, -0.2) is 25.7 Å². The molecule has 1 aliphatic rings. The Kier molecular flexibility index (Phi) is 3.43. The first-order valence-electron chi connectivity index (χ1n) is 5.66. The lowest BCUT2D eigenvalue weighted by molar-refractivity contribution is -0.126. The van der Waals surface area contributed by atoms with Crippen molar-refractivity contribution in [1.82, 2.24) is 5.32 Å². The van der Waals surface area contributed by atoms with Gasteiger partial charge >= 0.3 is 0 Å². The zero-order valence-electron chi connectivity index (χ0n) is 9.83. The van der Waals surface area contributed by atoms with E-state index in [9.17, 15) is 9.18 Å². The van der Waals surface area contributed by atoms with Crippen molar-refractivity contribution in [3.8, 4) is 0 Å². The van der Waals surface area contributed by atoms with E-state index in [1.807, 2.05) is 0 Å². The summed E-state index contributed by atoms with van der Waals surface area (Å²) >= 11 is 0. The van der Waals surface area contributed by atoms with Gasteiger partial charge in [0.25, 0.3) is 0 Å². The highest BCUT2D eigenvalue weighted by Crippen LogP contribution is 2.25. The second-order valence-electron chi connectivity index (χ2n) is 4.89. The van der Waals surface area contributed by atoms with Gasteiger partial charge in [-0.05, 0) is 17.7 Å². The quantitative estimate of drug-likeness (QED) is 0.862. The fourth-order valence-electron chi connectivity index (χ4n) is 1.76. The molecule has 0 aromatic heterocycles. The summed E-state index contributed by atoms with van der Waals surface area (Å²) in [7, 11) is 0. The first-order valence-corrected chi connectivity index (χ1v) is 5.66. The molecule has 0 radical (unpaired) electrons. The molecule has 1 heterocycles. The minimum Gasteiger partial charge on any atom is -0.380 e. The number of hydrogen-bond acceptors (Lipinski definition) is 2. The molecule has 0 bridgehead atoms. The van der Waals surface area contributed by atoms with Crippen molar-refractivity contribution in [3.05, 3.63) is 35.6 Å². The average molecular weight is 237 g/mol. The fraction of sp³-hybridized carbons (Fsp3) is 0.462. The largest absolute Gasteiger partial charge is 0.380 e. The summed E-state index contributed by atoms with van der Waals surface area (Å²) in [5.41, 5.74) is 0.759. The van der Waals surface area contributed by atoms with Gasteiger partial charge in [0, 0.05) is 12.0 Å². The van der Waals surface area contributed by atoms with Gasteiger partial charge in [-0.25, -0.2) is 4.39 Å². The number of hydrogen-bond donors (Lipinski definition) is 1. The molecule has 1 fully saturated rings. The van der Waals surface area contributed by atoms with Gasteiger partial charge in [-0.2, -0.15) is 0 Å². The zero-order valence-corrected chi connectivity index (χ0v) is 9.83. The number of carbonyl (C=O) groups excluding carboxylic acids is 1. The molecule has 1 aliphatic heterocycles. The molecule has 3 nitrogen and oxygen atoms in total. The molecule has 1 N–H and O–H groups in total. The summed E-state index contributed by atoms with van der Waals surface area (Å²) in [6, 6.07) is 6.11. The van der Waals surface area contributed by atoms with Crippen LogP contribution in [0.15, 0.2) is 24.3 Å². The van der Waals surface area contributed by atoms with Gasteiger partial charge in [0.15, 0.2) is 0 Å². The topological polar surface area (TPSA) is 38.3 Å². The van der Waals surface area contributed by atoms with Crippen molar-refractivity contribution in [2.45, 2.75) is 13.3 Å².